The van der Waals surface area contributed by atoms with E-state index in [1.165, 1.54) is 51.4 Å². The van der Waals surface area contributed by atoms with E-state index in [1.807, 2.05) is 6.92 Å². The van der Waals surface area contributed by atoms with Crippen molar-refractivity contribution < 1.29 is 92.2 Å². The molecule has 8 fully saturated rings. The Kier molecular flexibility index (Phi) is 37.7. The second-order valence-electron chi connectivity index (χ2n) is 36.5. The van der Waals surface area contributed by atoms with Crippen LogP contribution in [0.2, 0.25) is 0 Å². The van der Waals surface area contributed by atoms with Crippen molar-refractivity contribution in [3.63, 3.8) is 0 Å². The van der Waals surface area contributed by atoms with Crippen LogP contribution in [0.1, 0.15) is 340 Å². The number of fused-ring (bicyclic) bond motifs is 3. The average molecular weight is 1450 g/mol. The first kappa shape index (κ1) is 97.6. The van der Waals surface area contributed by atoms with E-state index in [-0.39, 0.29) is 61.7 Å². The van der Waals surface area contributed by atoms with Crippen LogP contribution in [0.15, 0.2) is 0 Å². The average Bonchev–Trinajstić information content (AvgIpc) is 0.753. The lowest BCUT2D eigenvalue weighted by Crippen LogP contribution is -2.55. The second kappa shape index (κ2) is 37.5. The molecule has 0 nitrogen and oxygen atoms in total. The molecular weight excluding hydrogens is 1310 g/mol. The van der Waals surface area contributed by atoms with Crippen LogP contribution in [0.5, 0.6) is 0 Å². The van der Waals surface area contributed by atoms with E-state index < -0.39 is 103 Å². The summed E-state index contributed by atoms with van der Waals surface area (Å²) in [5.41, 5.74) is -7.87. The predicted molar refractivity (Wildman–Crippen MR) is 357 cm³/mol. The van der Waals surface area contributed by atoms with E-state index in [0.717, 1.165) is 68.6 Å². The molecule has 586 valence electrons. The zero-order valence-corrected chi connectivity index (χ0v) is 64.2. The van der Waals surface area contributed by atoms with Crippen LogP contribution in [0.4, 0.5) is 92.2 Å². The van der Waals surface area contributed by atoms with Gasteiger partial charge in [-0.1, -0.05) is 218 Å². The fourth-order valence-corrected chi connectivity index (χ4v) is 13.8. The maximum Gasteiger partial charge on any atom is 0.403 e. The molecule has 0 aromatic carbocycles. The quantitative estimate of drug-likeness (QED) is 0.230. The van der Waals surface area contributed by atoms with E-state index in [2.05, 4.69) is 138 Å². The maximum absolute atomic E-state index is 13.0. The van der Waals surface area contributed by atoms with Crippen molar-refractivity contribution in [1.82, 2.24) is 0 Å². The van der Waals surface area contributed by atoms with Crippen molar-refractivity contribution in [3.05, 3.63) is 0 Å². The molecule has 0 aliphatic heterocycles. The molecule has 8 saturated carbocycles. The Labute approximate surface area is 575 Å². The molecule has 0 aromatic heterocycles. The van der Waals surface area contributed by atoms with Crippen molar-refractivity contribution in [1.29, 1.82) is 0 Å². The molecule has 0 radical (unpaired) electrons. The standard InChI is InChI=1S/C14H20F6.C10H18.2C9H12F6.C9H15F3.2C7H16.C6H14.C5H12/c1-10-2-4-11(5-3-10)6-8-12(9-7-11,13(15,16)17)14(18,19)20;1-8-7-9-3-5-10(8,2)6-4-9;1-6-2-4-7(5-3-6,8(10,11)12)9(13,14)15;1-6-4-2-3-5-7(6,8(10,11)12)9(13,14)15;1-6-4-3-5-8(7(6)2)9(10,11)12;1-6(2)7(3,4)5;1-5-6-7(2,3)4;1-5-6(2,3)4;1-5(2,3)4/h10H,2-9H2,1H3;8-9H,3-7H2,1-2H3;2*6H,2-5H2,1H3;6-8H,3-5H2,1-2H3;6H,1-5H3;5-6H2,1-4H3;5H2,1-4H3;1-4H3/t;8-,9?,10?;;6-;6?,7-,8?;;;;/m.0.11..../s1. The summed E-state index contributed by atoms with van der Waals surface area (Å²) in [5.74, 6) is 1.00. The van der Waals surface area contributed by atoms with Crippen LogP contribution in [0, 0.1) is 102 Å². The number of hydrogen-bond donors (Lipinski definition) is 0. The zero-order valence-electron chi connectivity index (χ0n) is 64.2. The lowest BCUT2D eigenvalue weighted by atomic mass is 9.57. The minimum absolute atomic E-state index is 0.0106. The van der Waals surface area contributed by atoms with Gasteiger partial charge in [-0.3, -0.25) is 0 Å². The summed E-state index contributed by atoms with van der Waals surface area (Å²) in [5, 5.41) is 0. The number of hydrogen-bond acceptors (Lipinski definition) is 0. The summed E-state index contributed by atoms with van der Waals surface area (Å²) in [6.45, 7) is 51.4. The van der Waals surface area contributed by atoms with E-state index in [4.69, 9.17) is 0 Å². The van der Waals surface area contributed by atoms with Gasteiger partial charge in [-0.15, -0.1) is 0 Å². The molecule has 8 aliphatic carbocycles. The maximum atomic E-state index is 13.0. The molecule has 0 heterocycles. The lowest BCUT2D eigenvalue weighted by Gasteiger charge is -2.49. The van der Waals surface area contributed by atoms with Crippen LogP contribution >= 0.6 is 0 Å². The summed E-state index contributed by atoms with van der Waals surface area (Å²) in [6, 6.07) is 0. The van der Waals surface area contributed by atoms with Gasteiger partial charge < -0.3 is 0 Å². The lowest BCUT2D eigenvalue weighted by molar-refractivity contribution is -0.364. The van der Waals surface area contributed by atoms with Gasteiger partial charge in [0.1, 0.15) is 0 Å². The van der Waals surface area contributed by atoms with Crippen molar-refractivity contribution in [2.75, 3.05) is 0 Å². The number of alkyl halides is 21. The summed E-state index contributed by atoms with van der Waals surface area (Å²) < 4.78 is 266. The third kappa shape index (κ3) is 31.8. The van der Waals surface area contributed by atoms with E-state index in [0.29, 0.717) is 40.4 Å². The van der Waals surface area contributed by atoms with Gasteiger partial charge in [0.15, 0.2) is 16.2 Å². The molecule has 0 aromatic rings. The second-order valence-corrected chi connectivity index (χ2v) is 36.5. The van der Waals surface area contributed by atoms with Crippen LogP contribution < -0.4 is 0 Å². The van der Waals surface area contributed by atoms with Crippen molar-refractivity contribution in [2.24, 2.45) is 102 Å². The van der Waals surface area contributed by atoms with E-state index >= 15 is 0 Å². The highest BCUT2D eigenvalue weighted by molar-refractivity contribution is 5.02. The van der Waals surface area contributed by atoms with Crippen LogP contribution in [0.25, 0.3) is 0 Å². The fourth-order valence-electron chi connectivity index (χ4n) is 13.8. The first-order valence-electron chi connectivity index (χ1n) is 36.4. The van der Waals surface area contributed by atoms with Gasteiger partial charge in [-0.05, 0) is 202 Å². The van der Waals surface area contributed by atoms with Gasteiger partial charge in [0, 0.05) is 0 Å². The Hall–Kier alpha value is -1.47. The molecule has 21 heteroatoms. The van der Waals surface area contributed by atoms with Gasteiger partial charge >= 0.3 is 43.2 Å². The largest absolute Gasteiger partial charge is 0.403 e. The minimum Gasteiger partial charge on any atom is -0.171 e. The van der Waals surface area contributed by atoms with Gasteiger partial charge in [0.05, 0.1) is 5.92 Å². The monoisotopic (exact) mass is 1450 g/mol. The zero-order chi connectivity index (χ0) is 77.3. The molecule has 2 bridgehead atoms. The molecule has 0 saturated heterocycles. The number of halogens is 21. The van der Waals surface area contributed by atoms with Crippen molar-refractivity contribution in [3.8, 4) is 0 Å². The first-order chi connectivity index (χ1) is 42.9. The predicted octanol–water partition coefficient (Wildman–Crippen LogP) is 31.3. The topological polar surface area (TPSA) is 0 Å². The van der Waals surface area contributed by atoms with E-state index in [9.17, 15) is 92.2 Å². The van der Waals surface area contributed by atoms with E-state index in [1.54, 1.807) is 13.8 Å². The van der Waals surface area contributed by atoms with Gasteiger partial charge in [0.25, 0.3) is 0 Å². The summed E-state index contributed by atoms with van der Waals surface area (Å²) in [6.07, 6.45) is -21.8. The Bertz CT molecular complexity index is 2040. The summed E-state index contributed by atoms with van der Waals surface area (Å²) in [7, 11) is 0. The third-order valence-electron chi connectivity index (χ3n) is 23.2. The van der Waals surface area contributed by atoms with Gasteiger partial charge in [-0.25, -0.2) is 0 Å². The smallest absolute Gasteiger partial charge is 0.171 e. The summed E-state index contributed by atoms with van der Waals surface area (Å²) in [4.78, 5) is 0. The molecule has 2 unspecified atom stereocenters. The van der Waals surface area contributed by atoms with Crippen LogP contribution in [0.3, 0.4) is 0 Å². The highest BCUT2D eigenvalue weighted by Crippen LogP contribution is 2.65. The Morgan fingerprint density at radius 1 is 0.381 bits per heavy atom. The minimum atomic E-state index is -5.20. The Balaban J connectivity index is 0. The molecule has 97 heavy (non-hydrogen) atoms. The molecule has 8 rings (SSSR count). The Morgan fingerprint density at radius 2 is 0.732 bits per heavy atom. The molecule has 8 aliphatic rings. The van der Waals surface area contributed by atoms with Gasteiger partial charge in [-0.2, -0.15) is 92.2 Å². The van der Waals surface area contributed by atoms with Crippen molar-refractivity contribution in [2.45, 2.75) is 383 Å². The third-order valence-corrected chi connectivity index (χ3v) is 23.2. The van der Waals surface area contributed by atoms with Crippen LogP contribution in [-0.2, 0) is 0 Å². The molecule has 1 spiro atoms. The normalized spacial score (nSPS) is 27.2. The highest BCUT2D eigenvalue weighted by Gasteiger charge is 2.74. The molecular formula is C76H135F21. The molecule has 0 amide bonds. The fraction of sp³-hybridized carbons (Fsp3) is 1.00. The van der Waals surface area contributed by atoms with Crippen LogP contribution in [-0.4, -0.2) is 43.2 Å². The SMILES string of the molecule is CC(C)(C)C.CC(C)C(C)(C)C.CC1CCC(C(F)(F)F)(C(F)(F)F)CC1.CC1CCC2(CC1)CCC(C(F)(F)F)(C(F)(F)F)CC2.CC1CCCC(C(F)(F)F)[C@@H]1C.CCC(C)(C)C.CCCC(C)(C)C.C[C@@H]1CCCCC1(C(F)(F)F)C(F)(F)F.C[C@H]1CC2CCC1(C)CC2. The molecule has 0 N–H and O–H groups in total. The summed E-state index contributed by atoms with van der Waals surface area (Å²) >= 11 is 0. The Morgan fingerprint density at radius 3 is 0.959 bits per heavy atom. The molecule has 5 atom stereocenters. The van der Waals surface area contributed by atoms with Crippen molar-refractivity contribution >= 4 is 0 Å². The number of rotatable bonds is 1. The highest BCUT2D eigenvalue weighted by atomic mass is 19.4. The first-order valence-corrected chi connectivity index (χ1v) is 36.4. The van der Waals surface area contributed by atoms with Gasteiger partial charge in [0.2, 0.25) is 0 Å².